The smallest absolute Gasteiger partial charge is 0.322 e. The van der Waals surface area contributed by atoms with Crippen LogP contribution in [0.4, 0.5) is 0 Å². The van der Waals surface area contributed by atoms with Crippen LogP contribution < -0.4 is 5.73 Å². The van der Waals surface area contributed by atoms with Crippen LogP contribution in [0.1, 0.15) is 5.56 Å². The summed E-state index contributed by atoms with van der Waals surface area (Å²) < 4.78 is 11.5. The second-order valence-corrected chi connectivity index (χ2v) is 2.93. The summed E-state index contributed by atoms with van der Waals surface area (Å²) in [7, 11) is 0. The third-order valence-electron chi connectivity index (χ3n) is 1.71. The lowest BCUT2D eigenvalue weighted by molar-refractivity contribution is -0.140. The molecule has 1 rings (SSSR count). The van der Waals surface area contributed by atoms with Gasteiger partial charge in [-0.2, -0.15) is 0 Å². The highest BCUT2D eigenvalue weighted by molar-refractivity contribution is 5.73. The van der Waals surface area contributed by atoms with Gasteiger partial charge in [0.15, 0.2) is 0 Å². The van der Waals surface area contributed by atoms with E-state index in [4.69, 9.17) is 11.9 Å². The first-order valence-electron chi connectivity index (χ1n) is 4.69. The number of carboxylic acids is 1. The summed E-state index contributed by atoms with van der Waals surface area (Å²) in [6.07, 6.45) is 0. The van der Waals surface area contributed by atoms with Crippen molar-refractivity contribution in [1.82, 2.24) is 0 Å². The van der Waals surface area contributed by atoms with Crippen LogP contribution in [0.3, 0.4) is 0 Å². The van der Waals surface area contributed by atoms with Crippen molar-refractivity contribution in [1.29, 1.82) is 1.43 Å². The zero-order valence-electron chi connectivity index (χ0n) is 8.68. The molecular weight excluding hydrogens is 182 g/mol. The summed E-state index contributed by atoms with van der Waals surface area (Å²) in [6.45, 7) is 0.437. The van der Waals surface area contributed by atoms with Gasteiger partial charge in [0, 0.05) is 0 Å². The fourth-order valence-corrected chi connectivity index (χ4v) is 0.946. The Labute approximate surface area is 83.8 Å². The average Bonchev–Trinajstić information content (AvgIpc) is 2.29. The van der Waals surface area contributed by atoms with Crippen molar-refractivity contribution in [3.8, 4) is 0 Å². The molecule has 76 valence electrons. The first-order chi connectivity index (χ1) is 7.24. The molecule has 1 aromatic rings. The fraction of sp³-hybridized carbons (Fsp3) is 0.300. The number of carboxylic acid groups (broad SMARTS) is 1. The highest BCUT2D eigenvalue weighted by Gasteiger charge is 2.10. The van der Waals surface area contributed by atoms with Gasteiger partial charge in [-0.1, -0.05) is 30.3 Å². The first kappa shape index (κ1) is 9.18. The molecule has 0 spiro atoms. The highest BCUT2D eigenvalue weighted by Crippen LogP contribution is 2.00. The van der Waals surface area contributed by atoms with Gasteiger partial charge in [0.2, 0.25) is 0 Å². The topological polar surface area (TPSA) is 72.5 Å². The normalized spacial score (nSPS) is 13.1. The van der Waals surface area contributed by atoms with Crippen molar-refractivity contribution in [2.24, 2.45) is 5.73 Å². The van der Waals surface area contributed by atoms with Crippen LogP contribution in [0.5, 0.6) is 0 Å². The van der Waals surface area contributed by atoms with E-state index < -0.39 is 12.0 Å². The van der Waals surface area contributed by atoms with Crippen LogP contribution >= 0.6 is 0 Å². The summed E-state index contributed by atoms with van der Waals surface area (Å²) >= 11 is 0. The Kier molecular flexibility index (Phi) is 3.52. The van der Waals surface area contributed by atoms with E-state index in [1.54, 1.807) is 0 Å². The SMILES string of the molecule is [2H]OC(=O)[C@@H](N)COCc1ccccc1. The van der Waals surface area contributed by atoms with Crippen LogP contribution in [0.25, 0.3) is 1.43 Å². The van der Waals surface area contributed by atoms with Gasteiger partial charge in [-0.25, -0.2) is 0 Å². The number of hydrogen-bond donors (Lipinski definition) is 2. The molecule has 14 heavy (non-hydrogen) atoms. The second kappa shape index (κ2) is 5.36. The zero-order chi connectivity index (χ0) is 11.1. The lowest BCUT2D eigenvalue weighted by Crippen LogP contribution is -2.34. The Balaban J connectivity index is 2.25. The van der Waals surface area contributed by atoms with Gasteiger partial charge in [0.05, 0.1) is 13.2 Å². The number of carbonyl (C=O) groups is 1. The van der Waals surface area contributed by atoms with Gasteiger partial charge >= 0.3 is 5.97 Å². The molecule has 0 radical (unpaired) electrons. The maximum Gasteiger partial charge on any atom is 0.322 e. The average molecular weight is 196 g/mol. The van der Waals surface area contributed by atoms with Crippen molar-refractivity contribution >= 4 is 5.97 Å². The van der Waals surface area contributed by atoms with Crippen molar-refractivity contribution in [3.05, 3.63) is 35.9 Å². The summed E-state index contributed by atoms with van der Waals surface area (Å²) in [5.41, 5.74) is 6.38. The lowest BCUT2D eigenvalue weighted by Gasteiger charge is -2.07. The fourth-order valence-electron chi connectivity index (χ4n) is 0.946. The van der Waals surface area contributed by atoms with Crippen molar-refractivity contribution < 1.29 is 14.6 Å². The molecule has 0 aromatic heterocycles. The lowest BCUT2D eigenvalue weighted by atomic mass is 10.2. The van der Waals surface area contributed by atoms with E-state index in [2.05, 4.69) is 5.11 Å². The van der Waals surface area contributed by atoms with Gasteiger partial charge < -0.3 is 15.6 Å². The molecule has 0 amide bonds. The Morgan fingerprint density at radius 1 is 1.57 bits per heavy atom. The molecule has 0 aliphatic rings. The van der Waals surface area contributed by atoms with Crippen LogP contribution in [-0.4, -0.2) is 23.7 Å². The molecule has 0 aliphatic heterocycles. The van der Waals surface area contributed by atoms with E-state index in [0.29, 0.717) is 6.61 Å². The summed E-state index contributed by atoms with van der Waals surface area (Å²) in [5.74, 6) is -0.789. The third kappa shape index (κ3) is 3.55. The van der Waals surface area contributed by atoms with Gasteiger partial charge in [0.25, 0.3) is 1.43 Å². The van der Waals surface area contributed by atoms with E-state index in [9.17, 15) is 4.79 Å². The van der Waals surface area contributed by atoms with Gasteiger partial charge in [-0.15, -0.1) is 0 Å². The predicted molar refractivity (Wildman–Crippen MR) is 51.7 cm³/mol. The monoisotopic (exact) mass is 196 g/mol. The Hall–Kier alpha value is -1.39. The molecule has 1 atom stereocenters. The molecule has 1 aromatic carbocycles. The minimum Gasteiger partial charge on any atom is -0.480 e. The van der Waals surface area contributed by atoms with Crippen molar-refractivity contribution in [2.45, 2.75) is 12.6 Å². The molecule has 3 N–H and O–H groups in total. The molecule has 4 heteroatoms. The predicted octanol–water partition coefficient (Wildman–Crippen LogP) is 0.615. The maximum atomic E-state index is 10.7. The molecule has 0 fully saturated rings. The van der Waals surface area contributed by atoms with Crippen LogP contribution in [0, 0.1) is 0 Å². The molecule has 0 saturated heterocycles. The van der Waals surface area contributed by atoms with Crippen LogP contribution in [-0.2, 0) is 16.1 Å². The van der Waals surface area contributed by atoms with Crippen LogP contribution in [0.15, 0.2) is 30.3 Å². The second-order valence-electron chi connectivity index (χ2n) is 2.93. The quantitative estimate of drug-likeness (QED) is 0.724. The van der Waals surface area contributed by atoms with Crippen LogP contribution in [0.2, 0.25) is 0 Å². The molecule has 0 aliphatic carbocycles. The van der Waals surface area contributed by atoms with Gasteiger partial charge in [0.1, 0.15) is 6.04 Å². The Morgan fingerprint density at radius 3 is 2.93 bits per heavy atom. The summed E-state index contributed by atoms with van der Waals surface area (Å²) in [6, 6.07) is 8.63. The van der Waals surface area contributed by atoms with Crippen molar-refractivity contribution in [3.63, 3.8) is 0 Å². The molecule has 0 heterocycles. The molecular formula is C10H13NO3. The largest absolute Gasteiger partial charge is 0.480 e. The van der Waals surface area contributed by atoms with E-state index >= 15 is 0 Å². The van der Waals surface area contributed by atoms with E-state index in [1.807, 2.05) is 30.3 Å². The third-order valence-corrected chi connectivity index (χ3v) is 1.71. The molecule has 0 unspecified atom stereocenters. The Morgan fingerprint density at radius 2 is 2.29 bits per heavy atom. The van der Waals surface area contributed by atoms with E-state index in [1.165, 1.54) is 0 Å². The summed E-state index contributed by atoms with van der Waals surface area (Å²) in [5, 5.41) is 3.72. The standard InChI is InChI=1S/C10H13NO3/c11-9(10(12)13)7-14-6-8-4-2-1-3-5-8/h1-5,9H,6-7,11H2,(H,12,13)/t9-/m0/s1/i/hD. The number of hydrogen-bond acceptors (Lipinski definition) is 4. The maximum absolute atomic E-state index is 10.7. The minimum atomic E-state index is -0.897. The number of ether oxygens (including phenoxy) is 1. The number of nitrogens with two attached hydrogens (primary N) is 1. The molecule has 0 bridgehead atoms. The first-order valence-corrected chi connectivity index (χ1v) is 4.28. The Bertz CT molecular complexity index is 305. The number of benzene rings is 1. The summed E-state index contributed by atoms with van der Waals surface area (Å²) in [4.78, 5) is 10.7. The highest BCUT2D eigenvalue weighted by atomic mass is 16.5. The minimum absolute atomic E-state index is 0.0482. The van der Waals surface area contributed by atoms with Gasteiger partial charge in [-0.3, -0.25) is 4.79 Å². The van der Waals surface area contributed by atoms with E-state index in [-0.39, 0.29) is 6.61 Å². The molecule has 0 saturated carbocycles. The molecule has 4 nitrogen and oxygen atoms in total. The zero-order valence-corrected chi connectivity index (χ0v) is 7.68. The van der Waals surface area contributed by atoms with Gasteiger partial charge in [-0.05, 0) is 5.56 Å². The number of aliphatic carboxylic acids is 1. The number of rotatable bonds is 5. The van der Waals surface area contributed by atoms with E-state index in [0.717, 1.165) is 5.56 Å². The van der Waals surface area contributed by atoms with Crippen molar-refractivity contribution in [2.75, 3.05) is 6.61 Å².